The van der Waals surface area contributed by atoms with Crippen LogP contribution in [0.3, 0.4) is 0 Å². The number of hydrogen-bond acceptors (Lipinski definition) is 1. The van der Waals surface area contributed by atoms with E-state index in [1.165, 1.54) is 6.07 Å². The van der Waals surface area contributed by atoms with Gasteiger partial charge in [0, 0.05) is 16.8 Å². The average Bonchev–Trinajstić information content (AvgIpc) is 2.37. The second-order valence-corrected chi connectivity index (χ2v) is 5.60. The summed E-state index contributed by atoms with van der Waals surface area (Å²) in [5.41, 5.74) is -0.855. The third-order valence-corrected chi connectivity index (χ3v) is 3.64. The minimum absolute atomic E-state index is 0.0307. The van der Waals surface area contributed by atoms with Crippen LogP contribution in [0.15, 0.2) is 18.2 Å². The maximum absolute atomic E-state index is 12.7. The maximum Gasteiger partial charge on any atom is 0.416 e. The number of carbonyl (C=O) groups excluding carboxylic acids is 1. The van der Waals surface area contributed by atoms with Crippen LogP contribution >= 0.6 is 11.6 Å². The van der Waals surface area contributed by atoms with Crippen LogP contribution in [0.25, 0.3) is 0 Å². The normalized spacial score (nSPS) is 16.6. The number of benzene rings is 1. The third-order valence-electron chi connectivity index (χ3n) is 3.42. The molecular weight excluding hydrogens is 305 g/mol. The van der Waals surface area contributed by atoms with E-state index in [4.69, 9.17) is 11.6 Å². The molecule has 0 atom stereocenters. The van der Waals surface area contributed by atoms with E-state index in [0.29, 0.717) is 0 Å². The van der Waals surface area contributed by atoms with E-state index in [-0.39, 0.29) is 16.8 Å². The smallest absolute Gasteiger partial charge is 0.335 e. The number of halogens is 4. The highest BCUT2D eigenvalue weighted by Crippen LogP contribution is 2.33. The minimum atomic E-state index is -4.50. The van der Waals surface area contributed by atoms with Crippen LogP contribution in [0.2, 0.25) is 5.02 Å². The lowest BCUT2D eigenvalue weighted by molar-refractivity contribution is -0.137. The minimum Gasteiger partial charge on any atom is -0.335 e. The summed E-state index contributed by atoms with van der Waals surface area (Å²) in [7, 11) is 0. The molecule has 2 amide bonds. The molecule has 0 bridgehead atoms. The first-order valence-corrected chi connectivity index (χ1v) is 7.18. The zero-order valence-electron chi connectivity index (χ0n) is 11.3. The summed E-state index contributed by atoms with van der Waals surface area (Å²) >= 11 is 5.66. The van der Waals surface area contributed by atoms with Gasteiger partial charge in [-0.2, -0.15) is 13.2 Å². The molecule has 1 aromatic rings. The Morgan fingerprint density at radius 3 is 2.43 bits per heavy atom. The van der Waals surface area contributed by atoms with Crippen molar-refractivity contribution in [2.75, 3.05) is 5.32 Å². The molecule has 116 valence electrons. The summed E-state index contributed by atoms with van der Waals surface area (Å²) in [6, 6.07) is 2.56. The van der Waals surface area contributed by atoms with Crippen molar-refractivity contribution >= 4 is 23.3 Å². The van der Waals surface area contributed by atoms with Gasteiger partial charge in [0.25, 0.3) is 0 Å². The SMILES string of the molecule is O=C(Nc1cc(Cl)cc(C(F)(F)F)c1)NC1CCCCC1. The Labute approximate surface area is 125 Å². The molecule has 21 heavy (non-hydrogen) atoms. The molecule has 0 radical (unpaired) electrons. The van der Waals surface area contributed by atoms with Crippen LogP contribution in [0, 0.1) is 0 Å². The van der Waals surface area contributed by atoms with Crippen molar-refractivity contribution < 1.29 is 18.0 Å². The average molecular weight is 321 g/mol. The topological polar surface area (TPSA) is 41.1 Å². The van der Waals surface area contributed by atoms with Crippen LogP contribution in [0.4, 0.5) is 23.7 Å². The zero-order valence-corrected chi connectivity index (χ0v) is 12.0. The van der Waals surface area contributed by atoms with Crippen molar-refractivity contribution in [1.29, 1.82) is 0 Å². The summed E-state index contributed by atoms with van der Waals surface area (Å²) < 4.78 is 38.0. The Bertz CT molecular complexity index is 513. The first-order chi connectivity index (χ1) is 9.84. The Balaban J connectivity index is 2.01. The molecule has 0 unspecified atom stereocenters. The van der Waals surface area contributed by atoms with Gasteiger partial charge < -0.3 is 10.6 Å². The van der Waals surface area contributed by atoms with Crippen molar-refractivity contribution in [2.24, 2.45) is 0 Å². The highest BCUT2D eigenvalue weighted by molar-refractivity contribution is 6.31. The summed E-state index contributed by atoms with van der Waals surface area (Å²) in [6.45, 7) is 0. The molecule has 1 aliphatic carbocycles. The second kappa shape index (κ2) is 6.56. The monoisotopic (exact) mass is 320 g/mol. The first kappa shape index (κ1) is 15.9. The third kappa shape index (κ3) is 4.81. The molecule has 2 rings (SSSR count). The molecular formula is C14H16ClF3N2O. The van der Waals surface area contributed by atoms with Gasteiger partial charge in [-0.3, -0.25) is 0 Å². The molecule has 0 heterocycles. The van der Waals surface area contributed by atoms with Gasteiger partial charge in [0.15, 0.2) is 0 Å². The first-order valence-electron chi connectivity index (χ1n) is 6.80. The lowest BCUT2D eigenvalue weighted by Crippen LogP contribution is -2.39. The number of hydrogen-bond donors (Lipinski definition) is 2. The quantitative estimate of drug-likeness (QED) is 0.806. The number of amides is 2. The van der Waals surface area contributed by atoms with Gasteiger partial charge >= 0.3 is 12.2 Å². The van der Waals surface area contributed by atoms with Gasteiger partial charge in [0.05, 0.1) is 5.56 Å². The Kier molecular flexibility index (Phi) is 4.98. The molecule has 0 aliphatic heterocycles. The van der Waals surface area contributed by atoms with Crippen LogP contribution in [-0.2, 0) is 6.18 Å². The highest BCUT2D eigenvalue weighted by atomic mass is 35.5. The predicted octanol–water partition coefficient (Wildman–Crippen LogP) is 4.81. The fourth-order valence-corrected chi connectivity index (χ4v) is 2.66. The van der Waals surface area contributed by atoms with Crippen LogP contribution in [-0.4, -0.2) is 12.1 Å². The van der Waals surface area contributed by atoms with E-state index in [2.05, 4.69) is 10.6 Å². The summed E-state index contributed by atoms with van der Waals surface area (Å²) in [5.74, 6) is 0. The van der Waals surface area contributed by atoms with Crippen LogP contribution < -0.4 is 10.6 Å². The van der Waals surface area contributed by atoms with E-state index >= 15 is 0 Å². The Hall–Kier alpha value is -1.43. The van der Waals surface area contributed by atoms with Crippen molar-refractivity contribution in [3.8, 4) is 0 Å². The number of nitrogens with one attached hydrogen (secondary N) is 2. The fourth-order valence-electron chi connectivity index (χ4n) is 2.42. The Morgan fingerprint density at radius 1 is 1.14 bits per heavy atom. The summed E-state index contributed by atoms with van der Waals surface area (Å²) in [5, 5.41) is 5.11. The van der Waals surface area contributed by atoms with Crippen molar-refractivity contribution in [1.82, 2.24) is 5.32 Å². The molecule has 3 nitrogen and oxygen atoms in total. The molecule has 0 saturated heterocycles. The molecule has 1 fully saturated rings. The van der Waals surface area contributed by atoms with Gasteiger partial charge in [-0.1, -0.05) is 30.9 Å². The van der Waals surface area contributed by atoms with Crippen LogP contribution in [0.1, 0.15) is 37.7 Å². The standard InChI is InChI=1S/C14H16ClF3N2O/c15-10-6-9(14(16,17)18)7-12(8-10)20-13(21)19-11-4-2-1-3-5-11/h6-8,11H,1-5H2,(H2,19,20,21). The van der Waals surface area contributed by atoms with Gasteiger partial charge in [0.2, 0.25) is 0 Å². The molecule has 1 saturated carbocycles. The van der Waals surface area contributed by atoms with E-state index in [1.807, 2.05) is 0 Å². The lowest BCUT2D eigenvalue weighted by atomic mass is 9.96. The van der Waals surface area contributed by atoms with Crippen molar-refractivity contribution in [3.05, 3.63) is 28.8 Å². The van der Waals surface area contributed by atoms with Crippen molar-refractivity contribution in [2.45, 2.75) is 44.3 Å². The maximum atomic E-state index is 12.7. The Morgan fingerprint density at radius 2 is 1.81 bits per heavy atom. The van der Waals surface area contributed by atoms with E-state index in [9.17, 15) is 18.0 Å². The summed E-state index contributed by atoms with van der Waals surface area (Å²) in [6.07, 6.45) is 0.568. The van der Waals surface area contributed by atoms with E-state index in [1.54, 1.807) is 0 Å². The molecule has 7 heteroatoms. The molecule has 1 aliphatic rings. The molecule has 2 N–H and O–H groups in total. The van der Waals surface area contributed by atoms with Gasteiger partial charge in [-0.25, -0.2) is 4.79 Å². The van der Waals surface area contributed by atoms with Crippen LogP contribution in [0.5, 0.6) is 0 Å². The molecule has 1 aromatic carbocycles. The molecule has 0 spiro atoms. The van der Waals surface area contributed by atoms with E-state index < -0.39 is 17.8 Å². The molecule has 0 aromatic heterocycles. The lowest BCUT2D eigenvalue weighted by Gasteiger charge is -2.23. The highest BCUT2D eigenvalue weighted by Gasteiger charge is 2.31. The zero-order chi connectivity index (χ0) is 15.5. The van der Waals surface area contributed by atoms with Gasteiger partial charge in [-0.15, -0.1) is 0 Å². The number of alkyl halides is 3. The van der Waals surface area contributed by atoms with Crippen molar-refractivity contribution in [3.63, 3.8) is 0 Å². The van der Waals surface area contributed by atoms with E-state index in [0.717, 1.165) is 44.2 Å². The largest absolute Gasteiger partial charge is 0.416 e. The number of carbonyl (C=O) groups is 1. The fraction of sp³-hybridized carbons (Fsp3) is 0.500. The second-order valence-electron chi connectivity index (χ2n) is 5.16. The number of anilines is 1. The summed E-state index contributed by atoms with van der Waals surface area (Å²) in [4.78, 5) is 11.8. The van der Waals surface area contributed by atoms with Gasteiger partial charge in [0.1, 0.15) is 0 Å². The number of urea groups is 1. The predicted molar refractivity (Wildman–Crippen MR) is 75.5 cm³/mol. The number of rotatable bonds is 2. The van der Waals surface area contributed by atoms with Gasteiger partial charge in [-0.05, 0) is 31.0 Å².